The number of nitrogens with two attached hydrogens (primary N) is 1. The van der Waals surface area contributed by atoms with Gasteiger partial charge in [0, 0.05) is 24.2 Å². The number of hydrogen-bond donors (Lipinski definition) is 2. The maximum absolute atomic E-state index is 13.7. The Balaban J connectivity index is 2.57. The summed E-state index contributed by atoms with van der Waals surface area (Å²) in [6.45, 7) is 0. The van der Waals surface area contributed by atoms with Gasteiger partial charge < -0.3 is 0 Å². The van der Waals surface area contributed by atoms with Crippen molar-refractivity contribution in [1.29, 1.82) is 0 Å². The van der Waals surface area contributed by atoms with Crippen LogP contribution >= 0.6 is 0 Å². The maximum Gasteiger partial charge on any atom is 0.416 e. The highest BCUT2D eigenvalue weighted by Crippen LogP contribution is 2.35. The molecule has 0 aromatic carbocycles. The van der Waals surface area contributed by atoms with E-state index in [-0.39, 0.29) is 11.3 Å². The van der Waals surface area contributed by atoms with E-state index in [9.17, 15) is 17.6 Å². The minimum absolute atomic E-state index is 0.228. The second-order valence-electron chi connectivity index (χ2n) is 3.93. The van der Waals surface area contributed by atoms with Crippen LogP contribution in [0.5, 0.6) is 0 Å². The molecule has 0 radical (unpaired) electrons. The summed E-state index contributed by atoms with van der Waals surface area (Å²) >= 11 is 0. The second kappa shape index (κ2) is 5.51. The Morgan fingerprint density at radius 2 is 1.95 bits per heavy atom. The van der Waals surface area contributed by atoms with Gasteiger partial charge in [-0.1, -0.05) is 0 Å². The zero-order valence-corrected chi connectivity index (χ0v) is 10.0. The molecule has 0 spiro atoms. The lowest BCUT2D eigenvalue weighted by atomic mass is 9.99. The molecule has 1 atom stereocenters. The molecule has 0 aliphatic rings. The van der Waals surface area contributed by atoms with Crippen LogP contribution in [0.3, 0.4) is 0 Å². The van der Waals surface area contributed by atoms with E-state index in [2.05, 4.69) is 15.4 Å². The second-order valence-corrected chi connectivity index (χ2v) is 3.93. The summed E-state index contributed by atoms with van der Waals surface area (Å²) in [4.78, 5) is 7.37. The summed E-state index contributed by atoms with van der Waals surface area (Å²) in [5, 5.41) is 0. The van der Waals surface area contributed by atoms with Gasteiger partial charge in [0.15, 0.2) is 0 Å². The van der Waals surface area contributed by atoms with E-state index in [1.807, 2.05) is 0 Å². The molecule has 0 saturated carbocycles. The molecule has 0 bridgehead atoms. The van der Waals surface area contributed by atoms with E-state index in [1.54, 1.807) is 0 Å². The maximum atomic E-state index is 13.7. The normalized spacial score (nSPS) is 13.2. The van der Waals surface area contributed by atoms with E-state index >= 15 is 0 Å². The third-order valence-corrected chi connectivity index (χ3v) is 2.70. The van der Waals surface area contributed by atoms with Crippen molar-refractivity contribution in [2.24, 2.45) is 5.84 Å². The van der Waals surface area contributed by atoms with Gasteiger partial charge in [0.05, 0.1) is 17.3 Å². The van der Waals surface area contributed by atoms with Crippen molar-refractivity contribution >= 4 is 0 Å². The molecule has 8 heteroatoms. The first-order valence-corrected chi connectivity index (χ1v) is 5.52. The van der Waals surface area contributed by atoms with E-state index in [0.29, 0.717) is 0 Å². The average molecular weight is 286 g/mol. The van der Waals surface area contributed by atoms with Crippen molar-refractivity contribution in [1.82, 2.24) is 15.4 Å². The molecule has 0 fully saturated rings. The average Bonchev–Trinajstić information content (AvgIpc) is 2.41. The molecule has 3 N–H and O–H groups in total. The van der Waals surface area contributed by atoms with Gasteiger partial charge in [0.1, 0.15) is 5.82 Å². The Morgan fingerprint density at radius 1 is 1.20 bits per heavy atom. The van der Waals surface area contributed by atoms with E-state index < -0.39 is 23.6 Å². The Labute approximate surface area is 111 Å². The molecule has 2 heterocycles. The highest BCUT2D eigenvalue weighted by atomic mass is 19.4. The summed E-state index contributed by atoms with van der Waals surface area (Å²) < 4.78 is 52.5. The molecule has 20 heavy (non-hydrogen) atoms. The van der Waals surface area contributed by atoms with E-state index in [1.165, 1.54) is 12.3 Å². The minimum Gasteiger partial charge on any atom is -0.271 e. The lowest BCUT2D eigenvalue weighted by Gasteiger charge is -2.20. The number of alkyl halides is 3. The van der Waals surface area contributed by atoms with Crippen LogP contribution < -0.4 is 11.3 Å². The molecule has 0 saturated heterocycles. The van der Waals surface area contributed by atoms with Gasteiger partial charge in [-0.3, -0.25) is 15.8 Å². The number of rotatable bonds is 3. The zero-order chi connectivity index (χ0) is 14.8. The van der Waals surface area contributed by atoms with Gasteiger partial charge >= 0.3 is 6.18 Å². The van der Waals surface area contributed by atoms with Crippen molar-refractivity contribution in [3.05, 3.63) is 59.4 Å². The Bertz CT molecular complexity index is 600. The lowest BCUT2D eigenvalue weighted by Crippen LogP contribution is -2.32. The van der Waals surface area contributed by atoms with Crippen molar-refractivity contribution in [2.75, 3.05) is 0 Å². The van der Waals surface area contributed by atoms with E-state index in [0.717, 1.165) is 24.5 Å². The van der Waals surface area contributed by atoms with Gasteiger partial charge in [0.25, 0.3) is 0 Å². The van der Waals surface area contributed by atoms with Crippen molar-refractivity contribution < 1.29 is 17.6 Å². The van der Waals surface area contributed by atoms with Crippen LogP contribution in [0.25, 0.3) is 0 Å². The van der Waals surface area contributed by atoms with Crippen LogP contribution in [0.4, 0.5) is 17.6 Å². The number of aromatic nitrogens is 2. The van der Waals surface area contributed by atoms with Crippen LogP contribution in [0.15, 0.2) is 36.8 Å². The number of halogens is 4. The van der Waals surface area contributed by atoms with Crippen LogP contribution in [0.1, 0.15) is 22.9 Å². The molecule has 0 amide bonds. The number of nitrogens with zero attached hydrogens (tertiary/aromatic N) is 2. The van der Waals surface area contributed by atoms with Gasteiger partial charge in [-0.25, -0.2) is 9.82 Å². The standard InChI is InChI=1S/C12H10F4N4/c13-9-2-1-4-19-11(9)10(20-17)7-6-18-5-3-8(7)12(14,15)16/h1-6,10,20H,17H2. The van der Waals surface area contributed by atoms with E-state index in [4.69, 9.17) is 5.84 Å². The van der Waals surface area contributed by atoms with Crippen LogP contribution in [0.2, 0.25) is 0 Å². The van der Waals surface area contributed by atoms with Gasteiger partial charge in [-0.05, 0) is 18.2 Å². The molecule has 0 aliphatic heterocycles. The number of hydrazine groups is 1. The van der Waals surface area contributed by atoms with Crippen molar-refractivity contribution in [3.63, 3.8) is 0 Å². The third kappa shape index (κ3) is 2.75. The first-order chi connectivity index (χ1) is 9.45. The number of hydrogen-bond acceptors (Lipinski definition) is 4. The summed E-state index contributed by atoms with van der Waals surface area (Å²) in [6.07, 6.45) is -1.33. The monoisotopic (exact) mass is 286 g/mol. The molecule has 2 aromatic rings. The number of nitrogens with one attached hydrogen (secondary N) is 1. The Morgan fingerprint density at radius 3 is 2.55 bits per heavy atom. The quantitative estimate of drug-likeness (QED) is 0.516. The molecular weight excluding hydrogens is 276 g/mol. The van der Waals surface area contributed by atoms with Crippen molar-refractivity contribution in [3.8, 4) is 0 Å². The zero-order valence-electron chi connectivity index (χ0n) is 10.0. The SMILES string of the molecule is NNC(c1cnccc1C(F)(F)F)c1ncccc1F. The summed E-state index contributed by atoms with van der Waals surface area (Å²) in [6, 6.07) is 1.98. The molecular formula is C12H10F4N4. The van der Waals surface area contributed by atoms with Crippen LogP contribution in [-0.2, 0) is 6.18 Å². The molecule has 1 unspecified atom stereocenters. The predicted molar refractivity (Wildman–Crippen MR) is 62.6 cm³/mol. The molecule has 0 aliphatic carbocycles. The fourth-order valence-corrected chi connectivity index (χ4v) is 1.82. The van der Waals surface area contributed by atoms with Crippen LogP contribution in [0, 0.1) is 5.82 Å². The fourth-order valence-electron chi connectivity index (χ4n) is 1.82. The third-order valence-electron chi connectivity index (χ3n) is 2.70. The Kier molecular flexibility index (Phi) is 3.96. The fraction of sp³-hybridized carbons (Fsp3) is 0.167. The lowest BCUT2D eigenvalue weighted by molar-refractivity contribution is -0.138. The highest BCUT2D eigenvalue weighted by molar-refractivity contribution is 5.34. The van der Waals surface area contributed by atoms with Crippen LogP contribution in [-0.4, -0.2) is 9.97 Å². The summed E-state index contributed by atoms with van der Waals surface area (Å²) in [5.74, 6) is 4.51. The van der Waals surface area contributed by atoms with Gasteiger partial charge in [-0.15, -0.1) is 0 Å². The Hall–Kier alpha value is -2.06. The molecule has 4 nitrogen and oxygen atoms in total. The topological polar surface area (TPSA) is 63.8 Å². The summed E-state index contributed by atoms with van der Waals surface area (Å²) in [7, 11) is 0. The molecule has 106 valence electrons. The molecule has 2 aromatic heterocycles. The van der Waals surface area contributed by atoms with Crippen molar-refractivity contribution in [2.45, 2.75) is 12.2 Å². The largest absolute Gasteiger partial charge is 0.416 e. The first-order valence-electron chi connectivity index (χ1n) is 5.52. The van der Waals surface area contributed by atoms with Gasteiger partial charge in [-0.2, -0.15) is 13.2 Å². The first kappa shape index (κ1) is 14.4. The smallest absolute Gasteiger partial charge is 0.271 e. The summed E-state index contributed by atoms with van der Waals surface area (Å²) in [5.41, 5.74) is 0.682. The predicted octanol–water partition coefficient (Wildman–Crippen LogP) is 2.19. The number of pyridine rings is 2. The highest BCUT2D eigenvalue weighted by Gasteiger charge is 2.36. The molecule has 2 rings (SSSR count). The van der Waals surface area contributed by atoms with Gasteiger partial charge in [0.2, 0.25) is 0 Å². The minimum atomic E-state index is -4.60.